The first-order valence-corrected chi connectivity index (χ1v) is 12.5. The van der Waals surface area contributed by atoms with Crippen molar-refractivity contribution in [2.24, 2.45) is 0 Å². The Kier molecular flexibility index (Phi) is 7.01. The van der Waals surface area contributed by atoms with Crippen LogP contribution in [-0.4, -0.2) is 49.3 Å². The van der Waals surface area contributed by atoms with Gasteiger partial charge in [0.05, 0.1) is 12.6 Å². The van der Waals surface area contributed by atoms with Gasteiger partial charge in [-0.3, -0.25) is 9.69 Å². The summed E-state index contributed by atoms with van der Waals surface area (Å²) in [6.07, 6.45) is 3.05. The second-order valence-electron chi connectivity index (χ2n) is 9.13. The van der Waals surface area contributed by atoms with Gasteiger partial charge in [-0.15, -0.1) is 5.10 Å². The van der Waals surface area contributed by atoms with Crippen LogP contribution in [0.2, 0.25) is 0 Å². The molecule has 0 saturated carbocycles. The first kappa shape index (κ1) is 23.4. The lowest BCUT2D eigenvalue weighted by molar-refractivity contribution is 0.0907. The number of hydrogen-bond acceptors (Lipinski definition) is 6. The molecule has 1 saturated heterocycles. The predicted octanol–water partition coefficient (Wildman–Crippen LogP) is 3.87. The average molecular weight is 473 g/mol. The second-order valence-corrected chi connectivity index (χ2v) is 9.13. The molecular weight excluding hydrogens is 440 g/mol. The molecule has 1 aliphatic heterocycles. The summed E-state index contributed by atoms with van der Waals surface area (Å²) in [5.74, 6) is 0.662. The molecule has 1 aliphatic rings. The van der Waals surface area contributed by atoms with E-state index in [0.717, 1.165) is 43.3 Å². The Balaban J connectivity index is 1.62. The van der Waals surface area contributed by atoms with Crippen molar-refractivity contribution in [3.8, 4) is 0 Å². The largest absolute Gasteiger partial charge is 0.376 e. The van der Waals surface area contributed by atoms with Crippen LogP contribution in [0.3, 0.4) is 0 Å². The molecule has 3 heterocycles. The summed E-state index contributed by atoms with van der Waals surface area (Å²) in [4.78, 5) is 18.8. The smallest absolute Gasteiger partial charge is 0.253 e. The van der Waals surface area contributed by atoms with Crippen LogP contribution in [0.1, 0.15) is 55.2 Å². The quantitative estimate of drug-likeness (QED) is 0.398. The topological polar surface area (TPSA) is 88.9 Å². The maximum Gasteiger partial charge on any atom is 0.253 e. The number of aromatic nitrogens is 5. The Morgan fingerprint density at radius 3 is 2.74 bits per heavy atom. The third kappa shape index (κ3) is 5.04. The number of tetrazole rings is 1. The lowest BCUT2D eigenvalue weighted by Crippen LogP contribution is -2.35. The fraction of sp³-hybridized carbons (Fsp3) is 0.407. The van der Waals surface area contributed by atoms with Gasteiger partial charge in [-0.2, -0.15) is 0 Å². The van der Waals surface area contributed by atoms with Crippen LogP contribution in [0.5, 0.6) is 0 Å². The number of benzene rings is 2. The lowest BCUT2D eigenvalue weighted by atomic mass is 10.0. The molecule has 8 nitrogen and oxygen atoms in total. The molecule has 2 aromatic carbocycles. The Morgan fingerprint density at radius 2 is 2.00 bits per heavy atom. The van der Waals surface area contributed by atoms with E-state index in [4.69, 9.17) is 4.74 Å². The van der Waals surface area contributed by atoms with Crippen molar-refractivity contribution in [2.45, 2.75) is 58.3 Å². The monoisotopic (exact) mass is 472 g/mol. The molecule has 0 bridgehead atoms. The molecule has 0 amide bonds. The Bertz CT molecular complexity index is 1330. The van der Waals surface area contributed by atoms with E-state index in [1.165, 1.54) is 11.1 Å². The van der Waals surface area contributed by atoms with Crippen molar-refractivity contribution in [3.63, 3.8) is 0 Å². The summed E-state index contributed by atoms with van der Waals surface area (Å²) in [6, 6.07) is 18.1. The van der Waals surface area contributed by atoms with Crippen LogP contribution in [-0.2, 0) is 24.2 Å². The predicted molar refractivity (Wildman–Crippen MR) is 135 cm³/mol. The maximum atomic E-state index is 13.5. The van der Waals surface area contributed by atoms with E-state index in [9.17, 15) is 4.79 Å². The number of fused-ring (bicyclic) bond motifs is 1. The van der Waals surface area contributed by atoms with Gasteiger partial charge in [0, 0.05) is 24.2 Å². The van der Waals surface area contributed by atoms with Crippen molar-refractivity contribution in [1.29, 1.82) is 0 Å². The summed E-state index contributed by atoms with van der Waals surface area (Å²) in [6.45, 7) is 6.97. The molecule has 2 aromatic heterocycles. The van der Waals surface area contributed by atoms with Crippen molar-refractivity contribution in [1.82, 2.24) is 30.1 Å². The second kappa shape index (κ2) is 10.5. The van der Waals surface area contributed by atoms with E-state index in [0.29, 0.717) is 24.5 Å². The van der Waals surface area contributed by atoms with Crippen LogP contribution >= 0.6 is 0 Å². The zero-order valence-electron chi connectivity index (χ0n) is 20.4. The summed E-state index contributed by atoms with van der Waals surface area (Å²) >= 11 is 0. The SMILES string of the molecule is CCc1ccc2[nH]c(=O)c([C@H](c3nnnn3C[C@H]3CCCO3)N(CC)Cc3ccccc3)cc2c1. The highest BCUT2D eigenvalue weighted by molar-refractivity contribution is 5.80. The summed E-state index contributed by atoms with van der Waals surface area (Å²) < 4.78 is 7.68. The lowest BCUT2D eigenvalue weighted by Gasteiger charge is -2.30. The molecule has 5 rings (SSSR count). The van der Waals surface area contributed by atoms with Gasteiger partial charge in [-0.05, 0) is 70.9 Å². The molecule has 8 heteroatoms. The normalized spacial score (nSPS) is 16.8. The first-order chi connectivity index (χ1) is 17.2. The molecule has 35 heavy (non-hydrogen) atoms. The molecule has 1 N–H and O–H groups in total. The van der Waals surface area contributed by atoms with Gasteiger partial charge in [-0.1, -0.05) is 50.2 Å². The average Bonchev–Trinajstić information content (AvgIpc) is 3.57. The van der Waals surface area contributed by atoms with Gasteiger partial charge in [0.2, 0.25) is 0 Å². The van der Waals surface area contributed by atoms with Gasteiger partial charge in [0.1, 0.15) is 6.04 Å². The molecule has 0 unspecified atom stereocenters. The third-order valence-electron chi connectivity index (χ3n) is 6.84. The highest BCUT2D eigenvalue weighted by Gasteiger charge is 2.31. The van der Waals surface area contributed by atoms with E-state index in [2.05, 4.69) is 63.5 Å². The van der Waals surface area contributed by atoms with Crippen LogP contribution in [0.4, 0.5) is 0 Å². The van der Waals surface area contributed by atoms with Gasteiger partial charge in [-0.25, -0.2) is 4.68 Å². The minimum atomic E-state index is -0.407. The molecule has 0 radical (unpaired) electrons. The van der Waals surface area contributed by atoms with Gasteiger partial charge in [0.15, 0.2) is 5.82 Å². The highest BCUT2D eigenvalue weighted by atomic mass is 16.5. The van der Waals surface area contributed by atoms with Crippen molar-refractivity contribution >= 4 is 10.9 Å². The van der Waals surface area contributed by atoms with Gasteiger partial charge in [0.25, 0.3) is 5.56 Å². The Hall–Kier alpha value is -3.36. The van der Waals surface area contributed by atoms with Crippen LogP contribution in [0, 0.1) is 0 Å². The zero-order chi connectivity index (χ0) is 24.2. The standard InChI is InChI=1S/C27H32N6O2/c1-3-19-12-13-24-21(15-19)16-23(27(34)28-24)25(32(4-2)17-20-9-6-5-7-10-20)26-29-30-31-33(26)18-22-11-8-14-35-22/h5-7,9-10,12-13,15-16,22,25H,3-4,8,11,14,17-18H2,1-2H3,(H,28,34)/t22-,25-/m1/s1. The summed E-state index contributed by atoms with van der Waals surface area (Å²) in [5.41, 5.74) is 3.76. The highest BCUT2D eigenvalue weighted by Crippen LogP contribution is 2.29. The van der Waals surface area contributed by atoms with Crippen molar-refractivity contribution in [3.05, 3.63) is 87.5 Å². The molecule has 0 spiro atoms. The Morgan fingerprint density at radius 1 is 1.14 bits per heavy atom. The van der Waals surface area contributed by atoms with E-state index in [-0.39, 0.29) is 11.7 Å². The maximum absolute atomic E-state index is 13.5. The van der Waals surface area contributed by atoms with Gasteiger partial charge >= 0.3 is 0 Å². The number of hydrogen-bond donors (Lipinski definition) is 1. The zero-order valence-corrected chi connectivity index (χ0v) is 20.4. The fourth-order valence-corrected chi connectivity index (χ4v) is 4.92. The molecule has 2 atom stereocenters. The number of nitrogens with one attached hydrogen (secondary N) is 1. The molecule has 0 aliphatic carbocycles. The third-order valence-corrected chi connectivity index (χ3v) is 6.84. The summed E-state index contributed by atoms with van der Waals surface area (Å²) in [7, 11) is 0. The van der Waals surface area contributed by atoms with E-state index in [1.807, 2.05) is 35.0 Å². The van der Waals surface area contributed by atoms with Crippen LogP contribution in [0.15, 0.2) is 59.4 Å². The van der Waals surface area contributed by atoms with Crippen molar-refractivity contribution in [2.75, 3.05) is 13.2 Å². The fourth-order valence-electron chi connectivity index (χ4n) is 4.92. The number of pyridine rings is 1. The van der Waals surface area contributed by atoms with Crippen molar-refractivity contribution < 1.29 is 4.74 Å². The van der Waals surface area contributed by atoms with Crippen LogP contribution < -0.4 is 5.56 Å². The minimum absolute atomic E-state index is 0.0871. The van der Waals surface area contributed by atoms with E-state index < -0.39 is 6.04 Å². The number of aryl methyl sites for hydroxylation is 1. The number of nitrogens with zero attached hydrogens (tertiary/aromatic N) is 5. The minimum Gasteiger partial charge on any atom is -0.376 e. The number of ether oxygens (including phenoxy) is 1. The van der Waals surface area contributed by atoms with Gasteiger partial charge < -0.3 is 9.72 Å². The van der Waals surface area contributed by atoms with Crippen LogP contribution in [0.25, 0.3) is 10.9 Å². The number of rotatable bonds is 9. The number of aromatic amines is 1. The molecule has 182 valence electrons. The first-order valence-electron chi connectivity index (χ1n) is 12.5. The molecule has 4 aromatic rings. The molecular formula is C27H32N6O2. The van der Waals surface area contributed by atoms with E-state index >= 15 is 0 Å². The van der Waals surface area contributed by atoms with E-state index in [1.54, 1.807) is 0 Å². The Labute approximate surface area is 204 Å². The summed E-state index contributed by atoms with van der Waals surface area (Å²) in [5, 5.41) is 13.8. The number of H-pyrrole nitrogens is 1. The molecule has 1 fully saturated rings.